The van der Waals surface area contributed by atoms with Crippen LogP contribution in [0.1, 0.15) is 51.9 Å². The van der Waals surface area contributed by atoms with Gasteiger partial charge in [0.15, 0.2) is 0 Å². The number of alkyl halides is 3. The van der Waals surface area contributed by atoms with Gasteiger partial charge in [-0.3, -0.25) is 4.79 Å². The molecule has 0 aliphatic heterocycles. The Kier molecular flexibility index (Phi) is 4.41. The van der Waals surface area contributed by atoms with Crippen molar-refractivity contribution in [3.8, 4) is 0 Å². The Bertz CT molecular complexity index is 321. The molecule has 2 nitrogen and oxygen atoms in total. The van der Waals surface area contributed by atoms with E-state index in [9.17, 15) is 18.0 Å². The maximum Gasteiger partial charge on any atom is 0.391 e. The molecular formula is C14H22F3NO. The van der Waals surface area contributed by atoms with Crippen molar-refractivity contribution in [3.05, 3.63) is 0 Å². The Balaban J connectivity index is 1.76. The predicted octanol–water partition coefficient (Wildman–Crippen LogP) is 3.66. The van der Waals surface area contributed by atoms with Crippen LogP contribution in [0.4, 0.5) is 13.2 Å². The molecule has 2 saturated carbocycles. The summed E-state index contributed by atoms with van der Waals surface area (Å²) in [6.45, 7) is 2.17. The van der Waals surface area contributed by atoms with Gasteiger partial charge in [-0.25, -0.2) is 0 Å². The van der Waals surface area contributed by atoms with Crippen LogP contribution in [0, 0.1) is 17.8 Å². The maximum atomic E-state index is 12.5. The van der Waals surface area contributed by atoms with E-state index < -0.39 is 12.1 Å². The highest BCUT2D eigenvalue weighted by molar-refractivity contribution is 5.79. The first-order chi connectivity index (χ1) is 8.86. The second kappa shape index (κ2) is 5.71. The van der Waals surface area contributed by atoms with E-state index in [0.717, 1.165) is 19.3 Å². The van der Waals surface area contributed by atoms with Crippen LogP contribution in [0.3, 0.4) is 0 Å². The number of halogens is 3. The standard InChI is InChI=1S/C14H22F3NO/c1-9-2-7-12(8-9)18-13(19)10-3-5-11(6-4-10)14(15,16)17/h9-12H,2-8H2,1H3,(H,18,19). The number of hydrogen-bond acceptors (Lipinski definition) is 1. The van der Waals surface area contributed by atoms with Crippen LogP contribution < -0.4 is 5.32 Å². The first-order valence-corrected chi connectivity index (χ1v) is 7.23. The average Bonchev–Trinajstić information content (AvgIpc) is 2.74. The molecule has 1 amide bonds. The number of carbonyl (C=O) groups is 1. The highest BCUT2D eigenvalue weighted by Crippen LogP contribution is 2.39. The summed E-state index contributed by atoms with van der Waals surface area (Å²) in [6.07, 6.45) is -0.00951. The van der Waals surface area contributed by atoms with Crippen LogP contribution in [-0.4, -0.2) is 18.1 Å². The van der Waals surface area contributed by atoms with Crippen molar-refractivity contribution >= 4 is 5.91 Å². The highest BCUT2D eigenvalue weighted by atomic mass is 19.4. The van der Waals surface area contributed by atoms with Crippen molar-refractivity contribution < 1.29 is 18.0 Å². The molecular weight excluding hydrogens is 255 g/mol. The fraction of sp³-hybridized carbons (Fsp3) is 0.929. The maximum absolute atomic E-state index is 12.5. The molecule has 2 atom stereocenters. The zero-order chi connectivity index (χ0) is 14.0. The lowest BCUT2D eigenvalue weighted by molar-refractivity contribution is -0.184. The molecule has 0 bridgehead atoms. The Morgan fingerprint density at radius 3 is 2.16 bits per heavy atom. The lowest BCUT2D eigenvalue weighted by Crippen LogP contribution is -2.40. The summed E-state index contributed by atoms with van der Waals surface area (Å²) in [7, 11) is 0. The molecule has 2 rings (SSSR count). The first-order valence-electron chi connectivity index (χ1n) is 7.23. The second-order valence-corrected chi connectivity index (χ2v) is 6.21. The molecule has 0 radical (unpaired) electrons. The van der Waals surface area contributed by atoms with Gasteiger partial charge in [0.1, 0.15) is 0 Å². The monoisotopic (exact) mass is 277 g/mol. The van der Waals surface area contributed by atoms with Gasteiger partial charge in [-0.1, -0.05) is 6.92 Å². The fourth-order valence-electron chi connectivity index (χ4n) is 3.34. The molecule has 2 unspecified atom stereocenters. The molecule has 0 heterocycles. The highest BCUT2D eigenvalue weighted by Gasteiger charge is 2.42. The minimum atomic E-state index is -4.09. The van der Waals surface area contributed by atoms with E-state index in [-0.39, 0.29) is 30.7 Å². The summed E-state index contributed by atoms with van der Waals surface area (Å²) in [5, 5.41) is 3.01. The number of nitrogens with one attached hydrogen (secondary N) is 1. The molecule has 0 aromatic rings. The van der Waals surface area contributed by atoms with Crippen molar-refractivity contribution in [3.63, 3.8) is 0 Å². The average molecular weight is 277 g/mol. The quantitative estimate of drug-likeness (QED) is 0.820. The molecule has 2 aliphatic carbocycles. The van der Waals surface area contributed by atoms with E-state index in [1.807, 2.05) is 0 Å². The Hall–Kier alpha value is -0.740. The van der Waals surface area contributed by atoms with E-state index in [1.54, 1.807) is 0 Å². The predicted molar refractivity (Wildman–Crippen MR) is 66.4 cm³/mol. The normalized spacial score (nSPS) is 36.2. The molecule has 0 spiro atoms. The largest absolute Gasteiger partial charge is 0.391 e. The number of amides is 1. The molecule has 2 fully saturated rings. The van der Waals surface area contributed by atoms with Crippen molar-refractivity contribution in [2.24, 2.45) is 17.8 Å². The van der Waals surface area contributed by atoms with Gasteiger partial charge in [-0.05, 0) is 50.9 Å². The summed E-state index contributed by atoms with van der Waals surface area (Å²) < 4.78 is 37.6. The van der Waals surface area contributed by atoms with E-state index in [0.29, 0.717) is 18.8 Å². The minimum absolute atomic E-state index is 0.0280. The van der Waals surface area contributed by atoms with Crippen LogP contribution in [0.25, 0.3) is 0 Å². The van der Waals surface area contributed by atoms with Crippen LogP contribution >= 0.6 is 0 Å². The van der Waals surface area contributed by atoms with Crippen molar-refractivity contribution in [2.75, 3.05) is 0 Å². The van der Waals surface area contributed by atoms with E-state index in [1.165, 1.54) is 0 Å². The number of hydrogen-bond donors (Lipinski definition) is 1. The van der Waals surface area contributed by atoms with Gasteiger partial charge < -0.3 is 5.32 Å². The molecule has 0 aromatic carbocycles. The minimum Gasteiger partial charge on any atom is -0.353 e. The van der Waals surface area contributed by atoms with Crippen molar-refractivity contribution in [1.29, 1.82) is 0 Å². The molecule has 19 heavy (non-hydrogen) atoms. The van der Waals surface area contributed by atoms with Crippen molar-refractivity contribution in [1.82, 2.24) is 5.32 Å². The van der Waals surface area contributed by atoms with Crippen molar-refractivity contribution in [2.45, 2.75) is 64.1 Å². The molecule has 2 aliphatic rings. The van der Waals surface area contributed by atoms with E-state index >= 15 is 0 Å². The summed E-state index contributed by atoms with van der Waals surface area (Å²) in [6, 6.07) is 0.239. The summed E-state index contributed by atoms with van der Waals surface area (Å²) in [4.78, 5) is 12.0. The second-order valence-electron chi connectivity index (χ2n) is 6.21. The van der Waals surface area contributed by atoms with Crippen LogP contribution in [0.5, 0.6) is 0 Å². The molecule has 1 N–H and O–H groups in total. The third kappa shape index (κ3) is 3.86. The summed E-state index contributed by atoms with van der Waals surface area (Å²) >= 11 is 0. The fourth-order valence-corrected chi connectivity index (χ4v) is 3.34. The van der Waals surface area contributed by atoms with E-state index in [2.05, 4.69) is 12.2 Å². The van der Waals surface area contributed by atoms with Gasteiger partial charge in [0.2, 0.25) is 5.91 Å². The summed E-state index contributed by atoms with van der Waals surface area (Å²) in [5.41, 5.74) is 0. The van der Waals surface area contributed by atoms with Gasteiger partial charge >= 0.3 is 6.18 Å². The van der Waals surface area contributed by atoms with Gasteiger partial charge in [0, 0.05) is 12.0 Å². The third-order valence-electron chi connectivity index (χ3n) is 4.60. The van der Waals surface area contributed by atoms with Crippen LogP contribution in [-0.2, 0) is 4.79 Å². The number of carbonyl (C=O) groups excluding carboxylic acids is 1. The van der Waals surface area contributed by atoms with Crippen LogP contribution in [0.2, 0.25) is 0 Å². The van der Waals surface area contributed by atoms with E-state index in [4.69, 9.17) is 0 Å². The topological polar surface area (TPSA) is 29.1 Å². The Morgan fingerprint density at radius 2 is 1.68 bits per heavy atom. The van der Waals surface area contributed by atoms with Gasteiger partial charge in [-0.2, -0.15) is 13.2 Å². The molecule has 0 saturated heterocycles. The van der Waals surface area contributed by atoms with Gasteiger partial charge in [0.05, 0.1) is 5.92 Å². The van der Waals surface area contributed by atoms with Gasteiger partial charge in [0.25, 0.3) is 0 Å². The molecule has 110 valence electrons. The third-order valence-corrected chi connectivity index (χ3v) is 4.60. The molecule has 0 aromatic heterocycles. The summed E-state index contributed by atoms with van der Waals surface area (Å²) in [5.74, 6) is -0.802. The number of rotatable bonds is 2. The lowest BCUT2D eigenvalue weighted by atomic mass is 9.81. The SMILES string of the molecule is CC1CCC(NC(=O)C2CCC(C(F)(F)F)CC2)C1. The molecule has 5 heteroatoms. The van der Waals surface area contributed by atoms with Gasteiger partial charge in [-0.15, -0.1) is 0 Å². The Labute approximate surface area is 112 Å². The lowest BCUT2D eigenvalue weighted by Gasteiger charge is -2.29. The smallest absolute Gasteiger partial charge is 0.353 e. The van der Waals surface area contributed by atoms with Crippen LogP contribution in [0.15, 0.2) is 0 Å². The zero-order valence-corrected chi connectivity index (χ0v) is 11.3. The Morgan fingerprint density at radius 1 is 1.05 bits per heavy atom. The first kappa shape index (κ1) is 14.7. The zero-order valence-electron chi connectivity index (χ0n) is 11.3.